The molecule has 4 rings (SSSR count). The second-order valence-electron chi connectivity index (χ2n) is 6.20. The third kappa shape index (κ3) is 1.90. The van der Waals surface area contributed by atoms with Gasteiger partial charge in [-0.05, 0) is 36.0 Å². The molecule has 0 amide bonds. The van der Waals surface area contributed by atoms with E-state index < -0.39 is 11.4 Å². The fourth-order valence-corrected chi connectivity index (χ4v) is 3.83. The van der Waals surface area contributed by atoms with Crippen LogP contribution in [0.25, 0.3) is 11.5 Å². The number of anilines is 1. The summed E-state index contributed by atoms with van der Waals surface area (Å²) in [5.41, 5.74) is 0.238. The Hall–Kier alpha value is -2.37. The van der Waals surface area contributed by atoms with Gasteiger partial charge in [-0.2, -0.15) is 4.98 Å². The number of hydrogen-bond acceptors (Lipinski definition) is 5. The minimum Gasteiger partial charge on any atom is -0.481 e. The lowest BCUT2D eigenvalue weighted by atomic mass is 9.81. The van der Waals surface area contributed by atoms with E-state index in [1.165, 1.54) is 0 Å². The number of carbonyl (C=O) groups is 1. The number of aromatic nitrogens is 2. The molecule has 0 bridgehead atoms. The predicted octanol–water partition coefficient (Wildman–Crippen LogP) is 2.43. The number of nitrogens with zero attached hydrogens (tertiary/aromatic N) is 3. The number of hydrogen-bond donors (Lipinski definition) is 1. The normalized spacial score (nSPS) is 27.1. The summed E-state index contributed by atoms with van der Waals surface area (Å²) in [7, 11) is 0. The average Bonchev–Trinajstić information content (AvgIpc) is 3.21. The van der Waals surface area contributed by atoms with Crippen LogP contribution in [0.5, 0.6) is 0 Å². The molecule has 2 fully saturated rings. The van der Waals surface area contributed by atoms with E-state index in [9.17, 15) is 9.90 Å². The summed E-state index contributed by atoms with van der Waals surface area (Å²) in [6, 6.07) is 9.58. The lowest BCUT2D eigenvalue weighted by molar-refractivity contribution is -0.149. The van der Waals surface area contributed by atoms with Crippen molar-refractivity contribution in [1.29, 1.82) is 0 Å². The number of rotatable bonds is 3. The summed E-state index contributed by atoms with van der Waals surface area (Å²) in [5, 5.41) is 13.7. The van der Waals surface area contributed by atoms with Gasteiger partial charge in [0.2, 0.25) is 0 Å². The van der Waals surface area contributed by atoms with Crippen LogP contribution in [0.4, 0.5) is 5.95 Å². The Morgan fingerprint density at radius 1 is 1.36 bits per heavy atom. The first-order valence-electron chi connectivity index (χ1n) is 7.56. The minimum absolute atomic E-state index is 0.184. The van der Waals surface area contributed by atoms with E-state index in [1.54, 1.807) is 0 Å². The molecule has 0 unspecified atom stereocenters. The van der Waals surface area contributed by atoms with E-state index in [2.05, 4.69) is 10.1 Å². The molecule has 6 nitrogen and oxygen atoms in total. The topological polar surface area (TPSA) is 79.5 Å². The van der Waals surface area contributed by atoms with Crippen molar-refractivity contribution < 1.29 is 14.4 Å². The molecule has 22 heavy (non-hydrogen) atoms. The minimum atomic E-state index is -0.690. The lowest BCUT2D eigenvalue weighted by Crippen LogP contribution is -2.35. The van der Waals surface area contributed by atoms with Crippen LogP contribution in [-0.2, 0) is 4.79 Å². The van der Waals surface area contributed by atoms with Crippen molar-refractivity contribution in [3.63, 3.8) is 0 Å². The molecule has 1 aromatic carbocycles. The maximum atomic E-state index is 11.7. The van der Waals surface area contributed by atoms with Crippen LogP contribution in [0.3, 0.4) is 0 Å². The first kappa shape index (κ1) is 13.3. The Balaban J connectivity index is 1.60. The van der Waals surface area contributed by atoms with Crippen LogP contribution >= 0.6 is 0 Å². The van der Waals surface area contributed by atoms with Crippen molar-refractivity contribution in [2.75, 3.05) is 18.0 Å². The van der Waals surface area contributed by atoms with Gasteiger partial charge < -0.3 is 14.5 Å². The zero-order valence-electron chi connectivity index (χ0n) is 12.1. The molecule has 1 aromatic heterocycles. The second-order valence-corrected chi connectivity index (χ2v) is 6.20. The highest BCUT2D eigenvalue weighted by Crippen LogP contribution is 2.49. The summed E-state index contributed by atoms with van der Waals surface area (Å²) < 4.78 is 5.33. The van der Waals surface area contributed by atoms with E-state index in [-0.39, 0.29) is 5.92 Å². The highest BCUT2D eigenvalue weighted by atomic mass is 16.5. The molecule has 2 heterocycles. The van der Waals surface area contributed by atoms with Crippen molar-refractivity contribution >= 4 is 11.9 Å². The molecule has 114 valence electrons. The Labute approximate surface area is 127 Å². The van der Waals surface area contributed by atoms with Crippen LogP contribution in [0.2, 0.25) is 0 Å². The van der Waals surface area contributed by atoms with E-state index in [1.807, 2.05) is 35.2 Å². The molecule has 6 heteroatoms. The summed E-state index contributed by atoms with van der Waals surface area (Å²) in [5.74, 6) is 0.457. The quantitative estimate of drug-likeness (QED) is 0.937. The van der Waals surface area contributed by atoms with Gasteiger partial charge in [-0.15, -0.1) is 0 Å². The van der Waals surface area contributed by atoms with Crippen LogP contribution in [0.1, 0.15) is 19.3 Å². The molecular formula is C16H17N3O3. The van der Waals surface area contributed by atoms with Crippen molar-refractivity contribution in [2.24, 2.45) is 11.3 Å². The maximum Gasteiger partial charge on any atom is 0.311 e. The summed E-state index contributed by atoms with van der Waals surface area (Å²) in [6.07, 6.45) is 2.70. The van der Waals surface area contributed by atoms with Gasteiger partial charge in [-0.1, -0.05) is 24.6 Å². The fourth-order valence-electron chi connectivity index (χ4n) is 3.83. The van der Waals surface area contributed by atoms with Crippen molar-refractivity contribution in [3.05, 3.63) is 30.3 Å². The van der Waals surface area contributed by atoms with E-state index in [0.29, 0.717) is 24.9 Å². The van der Waals surface area contributed by atoms with Gasteiger partial charge in [0.15, 0.2) is 0 Å². The molecule has 1 N–H and O–H groups in total. The second kappa shape index (κ2) is 4.83. The van der Waals surface area contributed by atoms with Crippen LogP contribution in [-0.4, -0.2) is 34.3 Å². The zero-order chi connectivity index (χ0) is 15.2. The third-order valence-electron chi connectivity index (χ3n) is 5.02. The number of fused-ring (bicyclic) bond motifs is 1. The molecule has 0 spiro atoms. The largest absolute Gasteiger partial charge is 0.481 e. The smallest absolute Gasteiger partial charge is 0.311 e. The third-order valence-corrected chi connectivity index (χ3v) is 5.02. The SMILES string of the molecule is O=C(O)[C@@]12CCC[C@H]1CN(c1noc(-c3ccccc3)n1)C2. The van der Waals surface area contributed by atoms with Gasteiger partial charge in [0.25, 0.3) is 11.8 Å². The number of aliphatic carboxylic acids is 1. The van der Waals surface area contributed by atoms with Crippen molar-refractivity contribution in [1.82, 2.24) is 10.1 Å². The maximum absolute atomic E-state index is 11.7. The standard InChI is InChI=1S/C16H17N3O3/c20-14(21)16-8-4-7-12(16)9-19(10-16)15-17-13(22-18-15)11-5-2-1-3-6-11/h1-3,5-6,12H,4,7-10H2,(H,20,21)/t12-,16+/m0/s1. The van der Waals surface area contributed by atoms with Gasteiger partial charge >= 0.3 is 5.97 Å². The van der Waals surface area contributed by atoms with Gasteiger partial charge in [0.1, 0.15) is 0 Å². The number of carboxylic acids is 1. The molecule has 1 aliphatic heterocycles. The Kier molecular flexibility index (Phi) is 2.92. The predicted molar refractivity (Wildman–Crippen MR) is 79.4 cm³/mol. The van der Waals surface area contributed by atoms with Gasteiger partial charge in [0.05, 0.1) is 5.41 Å². The number of benzene rings is 1. The van der Waals surface area contributed by atoms with E-state index in [4.69, 9.17) is 4.52 Å². The summed E-state index contributed by atoms with van der Waals surface area (Å²) in [6.45, 7) is 1.17. The molecule has 2 aromatic rings. The Morgan fingerprint density at radius 3 is 2.91 bits per heavy atom. The molecular weight excluding hydrogens is 282 g/mol. The van der Waals surface area contributed by atoms with Gasteiger partial charge in [-0.3, -0.25) is 4.79 Å². The zero-order valence-corrected chi connectivity index (χ0v) is 12.1. The monoisotopic (exact) mass is 299 g/mol. The molecule has 2 aliphatic rings. The highest BCUT2D eigenvalue weighted by molar-refractivity contribution is 5.77. The molecule has 2 atom stereocenters. The fraction of sp³-hybridized carbons (Fsp3) is 0.438. The number of carboxylic acid groups (broad SMARTS) is 1. The molecule has 0 radical (unpaired) electrons. The molecule has 1 saturated carbocycles. The average molecular weight is 299 g/mol. The van der Waals surface area contributed by atoms with Crippen LogP contribution < -0.4 is 4.90 Å². The van der Waals surface area contributed by atoms with Crippen LogP contribution in [0, 0.1) is 11.3 Å². The van der Waals surface area contributed by atoms with E-state index in [0.717, 1.165) is 24.8 Å². The van der Waals surface area contributed by atoms with Gasteiger partial charge in [-0.25, -0.2) is 0 Å². The summed E-state index contributed by atoms with van der Waals surface area (Å²) >= 11 is 0. The first-order valence-corrected chi connectivity index (χ1v) is 7.56. The first-order chi connectivity index (χ1) is 10.7. The Bertz CT molecular complexity index is 700. The van der Waals surface area contributed by atoms with Crippen molar-refractivity contribution in [3.8, 4) is 11.5 Å². The van der Waals surface area contributed by atoms with Crippen molar-refractivity contribution in [2.45, 2.75) is 19.3 Å². The molecule has 1 saturated heterocycles. The lowest BCUT2D eigenvalue weighted by Gasteiger charge is -2.22. The van der Waals surface area contributed by atoms with Gasteiger partial charge in [0, 0.05) is 18.7 Å². The Morgan fingerprint density at radius 2 is 2.18 bits per heavy atom. The van der Waals surface area contributed by atoms with E-state index >= 15 is 0 Å². The summed E-state index contributed by atoms with van der Waals surface area (Å²) in [4.78, 5) is 18.1. The van der Waals surface area contributed by atoms with Crippen LogP contribution in [0.15, 0.2) is 34.9 Å². The highest BCUT2D eigenvalue weighted by Gasteiger charge is 2.55. The molecule has 1 aliphatic carbocycles.